The van der Waals surface area contributed by atoms with E-state index in [1.165, 1.54) is 60.0 Å². The zero-order valence-corrected chi connectivity index (χ0v) is 31.4. The summed E-state index contributed by atoms with van der Waals surface area (Å²) in [6.45, 7) is 0. The first kappa shape index (κ1) is 32.4. The van der Waals surface area contributed by atoms with E-state index in [0.717, 1.165) is 44.4 Å². The molecular formula is C54H34N4. The molecule has 0 unspecified atom stereocenters. The van der Waals surface area contributed by atoms with Crippen LogP contribution in [0.2, 0.25) is 0 Å². The first-order valence-corrected chi connectivity index (χ1v) is 19.8. The van der Waals surface area contributed by atoms with E-state index in [9.17, 15) is 0 Å². The van der Waals surface area contributed by atoms with Crippen molar-refractivity contribution in [2.75, 3.05) is 0 Å². The second-order valence-electron chi connectivity index (χ2n) is 15.0. The van der Waals surface area contributed by atoms with Gasteiger partial charge in [-0.25, -0.2) is 9.97 Å². The molecule has 0 aliphatic heterocycles. The molecular weight excluding hydrogens is 705 g/mol. The van der Waals surface area contributed by atoms with E-state index in [-0.39, 0.29) is 0 Å². The molecule has 58 heavy (non-hydrogen) atoms. The average molecular weight is 739 g/mol. The van der Waals surface area contributed by atoms with Crippen LogP contribution < -0.4 is 0 Å². The second kappa shape index (κ2) is 12.9. The first-order valence-electron chi connectivity index (χ1n) is 19.8. The van der Waals surface area contributed by atoms with Gasteiger partial charge in [-0.2, -0.15) is 0 Å². The highest BCUT2D eigenvalue weighted by Crippen LogP contribution is 2.43. The number of para-hydroxylation sites is 3. The standard InChI is InChI=1S/C54H34N4/c1-3-15-35(16-4-1)36-27-30-39(31-28-36)57-49-25-13-11-21-42(49)47-34-46(40-19-7-8-22-44(40)53(47)57)38-29-32-43-41-20-10-14-26-50(41)58(51(43)33-38)54-55-48-24-12-9-23-45(48)52(56-54)37-17-5-2-6-18-37/h1-34H. The van der Waals surface area contributed by atoms with E-state index in [1.54, 1.807) is 0 Å². The Hall–Kier alpha value is -7.82. The first-order chi connectivity index (χ1) is 28.8. The van der Waals surface area contributed by atoms with Crippen molar-refractivity contribution in [1.82, 2.24) is 19.1 Å². The summed E-state index contributed by atoms with van der Waals surface area (Å²) >= 11 is 0. The minimum Gasteiger partial charge on any atom is -0.309 e. The van der Waals surface area contributed by atoms with Crippen LogP contribution in [0.4, 0.5) is 0 Å². The van der Waals surface area contributed by atoms with Crippen LogP contribution in [0.5, 0.6) is 0 Å². The summed E-state index contributed by atoms with van der Waals surface area (Å²) in [5.74, 6) is 0.655. The molecule has 0 saturated heterocycles. The monoisotopic (exact) mass is 738 g/mol. The third-order valence-corrected chi connectivity index (χ3v) is 11.7. The topological polar surface area (TPSA) is 35.6 Å². The van der Waals surface area contributed by atoms with Crippen LogP contribution in [0.3, 0.4) is 0 Å². The third kappa shape index (κ3) is 4.95. The number of hydrogen-bond acceptors (Lipinski definition) is 2. The molecule has 0 bridgehead atoms. The Morgan fingerprint density at radius 1 is 0.310 bits per heavy atom. The number of benzene rings is 9. The Balaban J connectivity index is 1.10. The minimum absolute atomic E-state index is 0.655. The Kier molecular flexibility index (Phi) is 7.20. The SMILES string of the molecule is c1ccc(-c2ccc(-n3c4ccccc4c4cc(-c5ccc6c7ccccc7n(-c7nc(-c8ccccc8)c8ccccc8n7)c6c5)c5ccccc5c43)cc2)cc1. The Labute approximate surface area is 334 Å². The molecule has 4 heteroatoms. The molecule has 4 nitrogen and oxygen atoms in total. The van der Waals surface area contributed by atoms with Gasteiger partial charge < -0.3 is 4.57 Å². The summed E-state index contributed by atoms with van der Waals surface area (Å²) in [7, 11) is 0. The Bertz CT molecular complexity index is 3540. The Morgan fingerprint density at radius 2 is 0.845 bits per heavy atom. The van der Waals surface area contributed by atoms with Crippen molar-refractivity contribution >= 4 is 65.3 Å². The quantitative estimate of drug-likeness (QED) is 0.176. The fourth-order valence-electron chi connectivity index (χ4n) is 9.10. The van der Waals surface area contributed by atoms with Crippen LogP contribution in [0.1, 0.15) is 0 Å². The van der Waals surface area contributed by atoms with E-state index < -0.39 is 0 Å². The van der Waals surface area contributed by atoms with Crippen molar-refractivity contribution in [3.05, 3.63) is 206 Å². The van der Waals surface area contributed by atoms with Gasteiger partial charge in [0.25, 0.3) is 0 Å². The van der Waals surface area contributed by atoms with Crippen molar-refractivity contribution in [3.8, 4) is 45.1 Å². The van der Waals surface area contributed by atoms with Gasteiger partial charge in [-0.3, -0.25) is 4.57 Å². The zero-order chi connectivity index (χ0) is 38.2. The van der Waals surface area contributed by atoms with E-state index in [4.69, 9.17) is 9.97 Å². The lowest BCUT2D eigenvalue weighted by Crippen LogP contribution is -2.03. The summed E-state index contributed by atoms with van der Waals surface area (Å²) < 4.78 is 4.69. The smallest absolute Gasteiger partial charge is 0.235 e. The molecule has 3 heterocycles. The van der Waals surface area contributed by atoms with Crippen LogP contribution in [0.15, 0.2) is 206 Å². The minimum atomic E-state index is 0.655. The molecule has 3 aromatic heterocycles. The second-order valence-corrected chi connectivity index (χ2v) is 15.0. The van der Waals surface area contributed by atoms with E-state index in [0.29, 0.717) is 5.95 Å². The maximum atomic E-state index is 5.34. The number of hydrogen-bond donors (Lipinski definition) is 0. The average Bonchev–Trinajstić information content (AvgIpc) is 3.82. The van der Waals surface area contributed by atoms with Gasteiger partial charge in [0.05, 0.1) is 33.3 Å². The summed E-state index contributed by atoms with van der Waals surface area (Å²) in [4.78, 5) is 10.6. The van der Waals surface area contributed by atoms with Gasteiger partial charge in [0, 0.05) is 43.6 Å². The fraction of sp³-hybridized carbons (Fsp3) is 0. The van der Waals surface area contributed by atoms with Crippen molar-refractivity contribution in [2.45, 2.75) is 0 Å². The molecule has 0 amide bonds. The lowest BCUT2D eigenvalue weighted by atomic mass is 9.94. The molecule has 270 valence electrons. The van der Waals surface area contributed by atoms with Crippen molar-refractivity contribution in [2.24, 2.45) is 0 Å². The molecule has 0 N–H and O–H groups in total. The number of aromatic nitrogens is 4. The molecule has 0 aliphatic carbocycles. The van der Waals surface area contributed by atoms with Crippen LogP contribution in [-0.4, -0.2) is 19.1 Å². The molecule has 0 saturated carbocycles. The predicted octanol–water partition coefficient (Wildman–Crippen LogP) is 14.0. The summed E-state index contributed by atoms with van der Waals surface area (Å²) in [5.41, 5.74) is 13.3. The normalized spacial score (nSPS) is 11.8. The molecule has 12 rings (SSSR count). The van der Waals surface area contributed by atoms with Gasteiger partial charge in [-0.15, -0.1) is 0 Å². The highest BCUT2D eigenvalue weighted by molar-refractivity contribution is 6.22. The van der Waals surface area contributed by atoms with E-state index in [1.807, 2.05) is 6.07 Å². The lowest BCUT2D eigenvalue weighted by Gasteiger charge is -2.14. The maximum absolute atomic E-state index is 5.34. The zero-order valence-electron chi connectivity index (χ0n) is 31.4. The maximum Gasteiger partial charge on any atom is 0.235 e. The number of nitrogens with zero attached hydrogens (tertiary/aromatic N) is 4. The molecule has 9 aromatic carbocycles. The van der Waals surface area contributed by atoms with Crippen molar-refractivity contribution in [1.29, 1.82) is 0 Å². The molecule has 0 aliphatic rings. The van der Waals surface area contributed by atoms with Crippen molar-refractivity contribution in [3.63, 3.8) is 0 Å². The van der Waals surface area contributed by atoms with Crippen LogP contribution in [-0.2, 0) is 0 Å². The summed E-state index contributed by atoms with van der Waals surface area (Å²) in [6.07, 6.45) is 0. The van der Waals surface area contributed by atoms with Gasteiger partial charge in [0.2, 0.25) is 5.95 Å². The van der Waals surface area contributed by atoms with Crippen LogP contribution in [0.25, 0.3) is 110 Å². The molecule has 0 fully saturated rings. The van der Waals surface area contributed by atoms with E-state index >= 15 is 0 Å². The predicted molar refractivity (Wildman–Crippen MR) is 242 cm³/mol. The molecule has 0 atom stereocenters. The van der Waals surface area contributed by atoms with E-state index in [2.05, 4.69) is 209 Å². The lowest BCUT2D eigenvalue weighted by molar-refractivity contribution is 1.01. The molecule has 0 spiro atoms. The summed E-state index contributed by atoms with van der Waals surface area (Å²) in [6, 6.07) is 73.9. The molecule has 0 radical (unpaired) electrons. The fourth-order valence-corrected chi connectivity index (χ4v) is 9.10. The van der Waals surface area contributed by atoms with Crippen LogP contribution in [0, 0.1) is 0 Å². The highest BCUT2D eigenvalue weighted by Gasteiger charge is 2.21. The Morgan fingerprint density at radius 3 is 1.59 bits per heavy atom. The van der Waals surface area contributed by atoms with Gasteiger partial charge >= 0.3 is 0 Å². The largest absolute Gasteiger partial charge is 0.309 e. The van der Waals surface area contributed by atoms with Gasteiger partial charge in [0.15, 0.2) is 0 Å². The number of rotatable bonds is 5. The number of fused-ring (bicyclic) bond motifs is 9. The molecule has 12 aromatic rings. The third-order valence-electron chi connectivity index (χ3n) is 11.7. The van der Waals surface area contributed by atoms with Crippen molar-refractivity contribution < 1.29 is 0 Å². The summed E-state index contributed by atoms with van der Waals surface area (Å²) in [5, 5.41) is 8.24. The van der Waals surface area contributed by atoms with Gasteiger partial charge in [-0.1, -0.05) is 164 Å². The van der Waals surface area contributed by atoms with Gasteiger partial charge in [0.1, 0.15) is 0 Å². The highest BCUT2D eigenvalue weighted by atomic mass is 15.2. The van der Waals surface area contributed by atoms with Crippen LogP contribution >= 0.6 is 0 Å². The van der Waals surface area contributed by atoms with Gasteiger partial charge in [-0.05, 0) is 70.1 Å².